The van der Waals surface area contributed by atoms with Crippen molar-refractivity contribution in [3.8, 4) is 0 Å². The Balaban J connectivity index is 1.91. The van der Waals surface area contributed by atoms with Crippen molar-refractivity contribution >= 4 is 11.8 Å². The summed E-state index contributed by atoms with van der Waals surface area (Å²) in [7, 11) is 0. The summed E-state index contributed by atoms with van der Waals surface area (Å²) < 4.78 is 17.3. The second-order valence-corrected chi connectivity index (χ2v) is 6.06. The van der Waals surface area contributed by atoms with E-state index in [0.29, 0.717) is 12.5 Å². The maximum absolute atomic E-state index is 6.06. The molecule has 2 rings (SSSR count). The van der Waals surface area contributed by atoms with Gasteiger partial charge in [-0.2, -0.15) is 0 Å². The molecule has 0 saturated carbocycles. The lowest BCUT2D eigenvalue weighted by Crippen LogP contribution is -2.44. The summed E-state index contributed by atoms with van der Waals surface area (Å²) in [6.07, 6.45) is 2.20. The summed E-state index contributed by atoms with van der Waals surface area (Å²) in [6, 6.07) is 10.2. The lowest BCUT2D eigenvalue weighted by Gasteiger charge is -2.33. The van der Waals surface area contributed by atoms with Crippen molar-refractivity contribution < 1.29 is 14.2 Å². The van der Waals surface area contributed by atoms with E-state index in [4.69, 9.17) is 14.2 Å². The molecule has 0 aliphatic carbocycles. The van der Waals surface area contributed by atoms with E-state index < -0.39 is 0 Å². The molecule has 0 spiro atoms. The first-order valence-electron chi connectivity index (χ1n) is 6.53. The zero-order valence-corrected chi connectivity index (χ0v) is 12.6. The van der Waals surface area contributed by atoms with E-state index in [-0.39, 0.29) is 17.8 Å². The van der Waals surface area contributed by atoms with Gasteiger partial charge in [-0.25, -0.2) is 0 Å². The van der Waals surface area contributed by atoms with Crippen molar-refractivity contribution in [2.45, 2.75) is 38.3 Å². The average Bonchev–Trinajstić information content (AvgIpc) is 3.23. The fourth-order valence-electron chi connectivity index (χ4n) is 2.05. The largest absolute Gasteiger partial charge is 0.370 e. The molecule has 2 atom stereocenters. The molecule has 0 unspecified atom stereocenters. The number of hydrogen-bond acceptors (Lipinski definition) is 4. The smallest absolute Gasteiger partial charge is 0.115 e. The zero-order chi connectivity index (χ0) is 13.7. The van der Waals surface area contributed by atoms with E-state index in [9.17, 15) is 0 Å². The van der Waals surface area contributed by atoms with Gasteiger partial charge in [-0.05, 0) is 25.7 Å². The van der Waals surface area contributed by atoms with Crippen LogP contribution in [0.1, 0.15) is 19.4 Å². The number of hydrogen-bond donors (Lipinski definition) is 0. The van der Waals surface area contributed by atoms with Crippen molar-refractivity contribution in [2.75, 3.05) is 18.8 Å². The lowest BCUT2D eigenvalue weighted by atomic mass is 9.98. The number of ether oxygens (including phenoxy) is 3. The monoisotopic (exact) mass is 282 g/mol. The molecule has 0 N–H and O–H groups in total. The Hall–Kier alpha value is -0.550. The van der Waals surface area contributed by atoms with Crippen LogP contribution in [0.3, 0.4) is 0 Å². The van der Waals surface area contributed by atoms with Crippen LogP contribution in [0, 0.1) is 0 Å². The van der Waals surface area contributed by atoms with Gasteiger partial charge in [0.25, 0.3) is 0 Å². The van der Waals surface area contributed by atoms with Gasteiger partial charge in [-0.1, -0.05) is 30.3 Å². The maximum Gasteiger partial charge on any atom is 0.115 e. The topological polar surface area (TPSA) is 31.0 Å². The van der Waals surface area contributed by atoms with Crippen LogP contribution in [0.25, 0.3) is 0 Å². The van der Waals surface area contributed by atoms with Crippen LogP contribution in [0.4, 0.5) is 0 Å². The predicted octanol–water partition coefficient (Wildman–Crippen LogP) is 3.09. The quantitative estimate of drug-likeness (QED) is 0.541. The summed E-state index contributed by atoms with van der Waals surface area (Å²) in [5.74, 6) is 0.669. The molecular formula is C15H22O3S. The standard InChI is InChI=1S/C15H22O3S/c1-15(2,14(13-10-16-13)17-11-19-3)18-9-12-7-5-4-6-8-12/h4-8,13-14H,9-11H2,1-3H3/t13-,14+/m1/s1. The summed E-state index contributed by atoms with van der Waals surface area (Å²) in [5.41, 5.74) is 0.822. The highest BCUT2D eigenvalue weighted by molar-refractivity contribution is 7.98. The van der Waals surface area contributed by atoms with Crippen LogP contribution in [0.2, 0.25) is 0 Å². The minimum atomic E-state index is -0.354. The SMILES string of the molecule is CSCO[C@@H]([C@H]1CO1)C(C)(C)OCc1ccccc1. The first kappa shape index (κ1) is 14.9. The van der Waals surface area contributed by atoms with Crippen molar-refractivity contribution in [2.24, 2.45) is 0 Å². The highest BCUT2D eigenvalue weighted by Crippen LogP contribution is 2.30. The summed E-state index contributed by atoms with van der Waals surface area (Å²) in [6.45, 7) is 5.52. The molecule has 1 saturated heterocycles. The van der Waals surface area contributed by atoms with Gasteiger partial charge < -0.3 is 14.2 Å². The predicted molar refractivity (Wildman–Crippen MR) is 78.3 cm³/mol. The maximum atomic E-state index is 6.06. The zero-order valence-electron chi connectivity index (χ0n) is 11.8. The fourth-order valence-corrected chi connectivity index (χ4v) is 2.34. The van der Waals surface area contributed by atoms with Gasteiger partial charge in [0, 0.05) is 0 Å². The third-order valence-corrected chi connectivity index (χ3v) is 3.57. The number of benzene rings is 1. The molecule has 106 valence electrons. The molecule has 0 bridgehead atoms. The molecule has 1 fully saturated rings. The van der Waals surface area contributed by atoms with Crippen LogP contribution in [0.5, 0.6) is 0 Å². The second-order valence-electron chi connectivity index (χ2n) is 5.24. The number of thioether (sulfide) groups is 1. The Morgan fingerprint density at radius 3 is 2.63 bits per heavy atom. The van der Waals surface area contributed by atoms with Crippen molar-refractivity contribution in [3.05, 3.63) is 35.9 Å². The van der Waals surface area contributed by atoms with Gasteiger partial charge in [0.05, 0.1) is 24.8 Å². The van der Waals surface area contributed by atoms with E-state index in [1.54, 1.807) is 11.8 Å². The Morgan fingerprint density at radius 2 is 2.05 bits per heavy atom. The fraction of sp³-hybridized carbons (Fsp3) is 0.600. The van der Waals surface area contributed by atoms with E-state index >= 15 is 0 Å². The molecule has 0 aromatic heterocycles. The Bertz CT molecular complexity index is 376. The van der Waals surface area contributed by atoms with Crippen molar-refractivity contribution in [1.29, 1.82) is 0 Å². The highest BCUT2D eigenvalue weighted by atomic mass is 32.2. The molecular weight excluding hydrogens is 260 g/mol. The van der Waals surface area contributed by atoms with Crippen LogP contribution >= 0.6 is 11.8 Å². The summed E-state index contributed by atoms with van der Waals surface area (Å²) in [4.78, 5) is 0. The van der Waals surface area contributed by atoms with Crippen LogP contribution in [0.15, 0.2) is 30.3 Å². The molecule has 1 aliphatic heterocycles. The van der Waals surface area contributed by atoms with Crippen molar-refractivity contribution in [1.82, 2.24) is 0 Å². The van der Waals surface area contributed by atoms with Crippen LogP contribution in [-0.4, -0.2) is 36.6 Å². The minimum absolute atomic E-state index is 0.0105. The van der Waals surface area contributed by atoms with Gasteiger partial charge in [-0.15, -0.1) is 11.8 Å². The summed E-state index contributed by atoms with van der Waals surface area (Å²) >= 11 is 1.67. The first-order chi connectivity index (χ1) is 9.13. The van der Waals surface area contributed by atoms with Gasteiger partial charge in [0.1, 0.15) is 12.2 Å². The average molecular weight is 282 g/mol. The lowest BCUT2D eigenvalue weighted by molar-refractivity contribution is -0.132. The van der Waals surface area contributed by atoms with E-state index in [0.717, 1.165) is 6.61 Å². The van der Waals surface area contributed by atoms with Gasteiger partial charge >= 0.3 is 0 Å². The molecule has 1 heterocycles. The van der Waals surface area contributed by atoms with Gasteiger partial charge in [0.15, 0.2) is 0 Å². The normalized spacial score (nSPS) is 20.3. The van der Waals surface area contributed by atoms with Crippen LogP contribution in [-0.2, 0) is 20.8 Å². The van der Waals surface area contributed by atoms with E-state index in [1.807, 2.05) is 24.5 Å². The first-order valence-corrected chi connectivity index (χ1v) is 7.93. The Morgan fingerprint density at radius 1 is 1.37 bits per heavy atom. The minimum Gasteiger partial charge on any atom is -0.370 e. The van der Waals surface area contributed by atoms with Gasteiger partial charge in [-0.3, -0.25) is 0 Å². The molecule has 3 nitrogen and oxygen atoms in total. The second kappa shape index (κ2) is 6.75. The number of rotatable bonds is 8. The van der Waals surface area contributed by atoms with Crippen molar-refractivity contribution in [3.63, 3.8) is 0 Å². The third kappa shape index (κ3) is 4.49. The molecule has 1 aromatic carbocycles. The highest BCUT2D eigenvalue weighted by Gasteiger charge is 2.44. The van der Waals surface area contributed by atoms with E-state index in [2.05, 4.69) is 26.0 Å². The molecule has 0 radical (unpaired) electrons. The Kier molecular flexibility index (Phi) is 5.28. The van der Waals surface area contributed by atoms with Crippen LogP contribution < -0.4 is 0 Å². The van der Waals surface area contributed by atoms with E-state index in [1.165, 1.54) is 5.56 Å². The number of epoxide rings is 1. The third-order valence-electron chi connectivity index (χ3n) is 3.20. The Labute approximate surface area is 119 Å². The molecule has 1 aromatic rings. The molecule has 0 amide bonds. The molecule has 1 aliphatic rings. The molecule has 19 heavy (non-hydrogen) atoms. The van der Waals surface area contributed by atoms with Gasteiger partial charge in [0.2, 0.25) is 0 Å². The molecule has 4 heteroatoms. The summed E-state index contributed by atoms with van der Waals surface area (Å²) in [5, 5.41) is 0.